The molecule has 31 heavy (non-hydrogen) atoms. The lowest BCUT2D eigenvalue weighted by atomic mass is 9.91. The summed E-state index contributed by atoms with van der Waals surface area (Å²) in [5.74, 6) is 0.697. The fourth-order valence-corrected chi connectivity index (χ4v) is 4.44. The Labute approximate surface area is 182 Å². The molecule has 0 atom stereocenters. The van der Waals surface area contributed by atoms with E-state index in [1.165, 1.54) is 18.4 Å². The van der Waals surface area contributed by atoms with Gasteiger partial charge in [0.15, 0.2) is 0 Å². The van der Waals surface area contributed by atoms with E-state index in [1.54, 1.807) is 0 Å². The van der Waals surface area contributed by atoms with Crippen LogP contribution in [0.1, 0.15) is 31.2 Å². The van der Waals surface area contributed by atoms with E-state index in [2.05, 4.69) is 74.5 Å². The Balaban J connectivity index is 1.46. The van der Waals surface area contributed by atoms with E-state index >= 15 is 0 Å². The van der Waals surface area contributed by atoms with Crippen molar-refractivity contribution in [1.29, 1.82) is 0 Å². The molecule has 6 heteroatoms. The van der Waals surface area contributed by atoms with Crippen molar-refractivity contribution in [3.8, 4) is 22.5 Å². The number of aryl methyl sites for hydroxylation is 1. The summed E-state index contributed by atoms with van der Waals surface area (Å²) in [7, 11) is 2.05. The molecule has 3 heterocycles. The number of anilines is 1. The average Bonchev–Trinajstić information content (AvgIpc) is 3.24. The molecular weight excluding hydrogens is 384 g/mol. The molecule has 5 rings (SSSR count). The molecule has 1 saturated carbocycles. The Morgan fingerprint density at radius 2 is 1.65 bits per heavy atom. The van der Waals surface area contributed by atoms with E-state index in [-0.39, 0.29) is 0 Å². The average molecular weight is 413 g/mol. The van der Waals surface area contributed by atoms with E-state index in [1.807, 2.05) is 25.5 Å². The molecule has 4 aromatic rings. The Morgan fingerprint density at radius 1 is 0.871 bits per heavy atom. The standard InChI is InChI=1S/C25H28N6/c1-17-14-28-25(29-21-11-9-20(26-2)10-12-21)30-24(17)22-15-27-23-13-8-19(16-31(22)23)18-6-4-3-5-7-18/h3-8,13-16,20-21,26H,9-12H2,1-2H3,(H,28,29,30). The van der Waals surface area contributed by atoms with Gasteiger partial charge < -0.3 is 10.6 Å². The normalized spacial score (nSPS) is 18.9. The number of rotatable bonds is 5. The Kier molecular flexibility index (Phi) is 5.38. The van der Waals surface area contributed by atoms with E-state index < -0.39 is 0 Å². The molecule has 6 nitrogen and oxygen atoms in total. The van der Waals surface area contributed by atoms with E-state index in [9.17, 15) is 0 Å². The lowest BCUT2D eigenvalue weighted by molar-refractivity contribution is 0.370. The largest absolute Gasteiger partial charge is 0.351 e. The van der Waals surface area contributed by atoms with Gasteiger partial charge in [0.25, 0.3) is 0 Å². The predicted molar refractivity (Wildman–Crippen MR) is 125 cm³/mol. The fraction of sp³-hybridized carbons (Fsp3) is 0.320. The van der Waals surface area contributed by atoms with Crippen molar-refractivity contribution in [2.45, 2.75) is 44.7 Å². The van der Waals surface area contributed by atoms with Crippen molar-refractivity contribution >= 4 is 11.6 Å². The first kappa shape index (κ1) is 19.7. The van der Waals surface area contributed by atoms with Crippen molar-refractivity contribution in [3.63, 3.8) is 0 Å². The lowest BCUT2D eigenvalue weighted by Gasteiger charge is -2.28. The van der Waals surface area contributed by atoms with Crippen LogP contribution in [0.3, 0.4) is 0 Å². The third-order valence-electron chi connectivity index (χ3n) is 6.30. The van der Waals surface area contributed by atoms with Gasteiger partial charge >= 0.3 is 0 Å². The van der Waals surface area contributed by atoms with Crippen LogP contribution in [0, 0.1) is 6.92 Å². The minimum absolute atomic E-state index is 0.423. The smallest absolute Gasteiger partial charge is 0.223 e. The van der Waals surface area contributed by atoms with Gasteiger partial charge in [-0.25, -0.2) is 15.0 Å². The number of imidazole rings is 1. The molecule has 0 spiro atoms. The molecule has 0 amide bonds. The summed E-state index contributed by atoms with van der Waals surface area (Å²) in [6, 6.07) is 15.6. The van der Waals surface area contributed by atoms with E-state index in [0.29, 0.717) is 18.0 Å². The van der Waals surface area contributed by atoms with Crippen molar-refractivity contribution in [2.75, 3.05) is 12.4 Å². The summed E-state index contributed by atoms with van der Waals surface area (Å²) >= 11 is 0. The van der Waals surface area contributed by atoms with Gasteiger partial charge in [-0.05, 0) is 68.5 Å². The first-order chi connectivity index (χ1) is 15.2. The summed E-state index contributed by atoms with van der Waals surface area (Å²) < 4.78 is 2.12. The number of pyridine rings is 1. The van der Waals surface area contributed by atoms with Gasteiger partial charge in [-0.15, -0.1) is 0 Å². The number of nitrogens with zero attached hydrogens (tertiary/aromatic N) is 4. The van der Waals surface area contributed by atoms with Crippen LogP contribution >= 0.6 is 0 Å². The summed E-state index contributed by atoms with van der Waals surface area (Å²) in [5.41, 5.74) is 6.18. The summed E-state index contributed by atoms with van der Waals surface area (Å²) in [6.45, 7) is 2.05. The predicted octanol–water partition coefficient (Wildman–Crippen LogP) is 4.71. The zero-order valence-electron chi connectivity index (χ0n) is 18.0. The lowest BCUT2D eigenvalue weighted by Crippen LogP contribution is -2.35. The quantitative estimate of drug-likeness (QED) is 0.497. The molecule has 0 unspecified atom stereocenters. The molecule has 158 valence electrons. The van der Waals surface area contributed by atoms with Gasteiger partial charge in [0.2, 0.25) is 5.95 Å². The number of aromatic nitrogens is 4. The van der Waals surface area contributed by atoms with Crippen LogP contribution < -0.4 is 10.6 Å². The Bertz CT molecular complexity index is 1180. The van der Waals surface area contributed by atoms with Gasteiger partial charge in [-0.3, -0.25) is 4.40 Å². The highest BCUT2D eigenvalue weighted by molar-refractivity contribution is 5.69. The minimum atomic E-state index is 0.423. The number of fused-ring (bicyclic) bond motifs is 1. The van der Waals surface area contributed by atoms with Crippen LogP contribution in [-0.4, -0.2) is 38.5 Å². The molecular formula is C25H28N6. The maximum absolute atomic E-state index is 4.90. The molecule has 1 fully saturated rings. The van der Waals surface area contributed by atoms with Gasteiger partial charge in [0.05, 0.1) is 17.6 Å². The molecule has 0 saturated heterocycles. The molecule has 1 aliphatic rings. The summed E-state index contributed by atoms with van der Waals surface area (Å²) in [5, 5.41) is 6.95. The minimum Gasteiger partial charge on any atom is -0.351 e. The molecule has 1 aliphatic carbocycles. The van der Waals surface area contributed by atoms with Crippen molar-refractivity contribution in [2.24, 2.45) is 0 Å². The van der Waals surface area contributed by atoms with Crippen LogP contribution in [0.2, 0.25) is 0 Å². The van der Waals surface area contributed by atoms with E-state index in [4.69, 9.17) is 4.98 Å². The van der Waals surface area contributed by atoms with Crippen molar-refractivity contribution < 1.29 is 0 Å². The summed E-state index contributed by atoms with van der Waals surface area (Å²) in [4.78, 5) is 14.1. The maximum atomic E-state index is 4.90. The van der Waals surface area contributed by atoms with Crippen LogP contribution in [-0.2, 0) is 0 Å². The Hall–Kier alpha value is -3.25. The molecule has 3 aromatic heterocycles. The van der Waals surface area contributed by atoms with Gasteiger partial charge in [-0.1, -0.05) is 30.3 Å². The number of nitrogens with one attached hydrogen (secondary N) is 2. The van der Waals surface area contributed by atoms with Crippen LogP contribution in [0.15, 0.2) is 61.1 Å². The van der Waals surface area contributed by atoms with Crippen LogP contribution in [0.25, 0.3) is 28.2 Å². The summed E-state index contributed by atoms with van der Waals surface area (Å²) in [6.07, 6.45) is 10.6. The van der Waals surface area contributed by atoms with Crippen LogP contribution in [0.4, 0.5) is 5.95 Å². The first-order valence-corrected chi connectivity index (χ1v) is 11.0. The third-order valence-corrected chi connectivity index (χ3v) is 6.30. The first-order valence-electron chi connectivity index (χ1n) is 11.0. The van der Waals surface area contributed by atoms with E-state index in [0.717, 1.165) is 41.0 Å². The monoisotopic (exact) mass is 412 g/mol. The topological polar surface area (TPSA) is 67.1 Å². The SMILES string of the molecule is CNC1CCC(Nc2ncc(C)c(-c3cnc4ccc(-c5ccccc5)cn34)n2)CC1. The molecule has 0 aliphatic heterocycles. The molecule has 0 radical (unpaired) electrons. The third kappa shape index (κ3) is 4.03. The maximum Gasteiger partial charge on any atom is 0.223 e. The van der Waals surface area contributed by atoms with Crippen molar-refractivity contribution in [3.05, 3.63) is 66.6 Å². The zero-order valence-corrected chi connectivity index (χ0v) is 18.0. The van der Waals surface area contributed by atoms with Crippen molar-refractivity contribution in [1.82, 2.24) is 24.7 Å². The molecule has 2 N–H and O–H groups in total. The van der Waals surface area contributed by atoms with Gasteiger partial charge in [0.1, 0.15) is 5.65 Å². The second kappa shape index (κ2) is 8.47. The number of benzene rings is 1. The molecule has 1 aromatic carbocycles. The highest BCUT2D eigenvalue weighted by atomic mass is 15.1. The van der Waals surface area contributed by atoms with Gasteiger partial charge in [-0.2, -0.15) is 0 Å². The molecule has 0 bridgehead atoms. The van der Waals surface area contributed by atoms with Gasteiger partial charge in [0, 0.05) is 24.5 Å². The van der Waals surface area contributed by atoms with Crippen LogP contribution in [0.5, 0.6) is 0 Å². The number of hydrogen-bond acceptors (Lipinski definition) is 5. The number of hydrogen-bond donors (Lipinski definition) is 2. The Morgan fingerprint density at radius 3 is 2.42 bits per heavy atom. The fourth-order valence-electron chi connectivity index (χ4n) is 4.44. The second-order valence-corrected chi connectivity index (χ2v) is 8.36. The zero-order chi connectivity index (χ0) is 21.2. The highest BCUT2D eigenvalue weighted by Crippen LogP contribution is 2.27. The highest BCUT2D eigenvalue weighted by Gasteiger charge is 2.21. The second-order valence-electron chi connectivity index (χ2n) is 8.36.